The van der Waals surface area contributed by atoms with Crippen LogP contribution < -0.4 is 52.8 Å². The van der Waals surface area contributed by atoms with Crippen molar-refractivity contribution in [2.45, 2.75) is 82.9 Å². The fourth-order valence-corrected chi connectivity index (χ4v) is 14.6. The molecule has 3 aromatic carbocycles. The van der Waals surface area contributed by atoms with Crippen molar-refractivity contribution in [2.75, 3.05) is 0 Å². The molecule has 0 fully saturated rings. The van der Waals surface area contributed by atoms with Crippen molar-refractivity contribution >= 4 is 23.6 Å². The minimum atomic E-state index is -2.64. The Hall–Kier alpha value is -1.06. The Bertz CT molecular complexity index is 1220. The smallest absolute Gasteiger partial charge is 1.00 e. The molecular weight excluding hydrogens is 615 g/mol. The summed E-state index contributed by atoms with van der Waals surface area (Å²) in [6.07, 6.45) is 8.51. The van der Waals surface area contributed by atoms with E-state index in [-0.39, 0.29) is 40.6 Å². The quantitative estimate of drug-likeness (QED) is 0.211. The summed E-state index contributed by atoms with van der Waals surface area (Å²) in [6.45, 7) is 18.7. The first kappa shape index (κ1) is 38.0. The first-order chi connectivity index (χ1) is 18.1. The summed E-state index contributed by atoms with van der Waals surface area (Å²) in [5.74, 6) is 1.99. The van der Waals surface area contributed by atoms with E-state index in [1.807, 2.05) is 0 Å². The van der Waals surface area contributed by atoms with Gasteiger partial charge < -0.3 is 37.2 Å². The molecule has 0 aromatic heterocycles. The van der Waals surface area contributed by atoms with Crippen molar-refractivity contribution in [1.29, 1.82) is 0 Å². The van der Waals surface area contributed by atoms with Gasteiger partial charge in [-0.1, -0.05) is 0 Å². The molecule has 2 atom stereocenters. The van der Waals surface area contributed by atoms with Crippen LogP contribution in [0.15, 0.2) is 96.6 Å². The predicted octanol–water partition coefficient (Wildman–Crippen LogP) is -0.674. The molecule has 2 unspecified atom stereocenters. The Balaban J connectivity index is 0.00000280. The molecule has 41 heavy (non-hydrogen) atoms. The molecule has 0 saturated heterocycles. The Morgan fingerprint density at radius 1 is 0.634 bits per heavy atom. The van der Waals surface area contributed by atoms with Gasteiger partial charge in [0, 0.05) is 0 Å². The van der Waals surface area contributed by atoms with E-state index in [9.17, 15) is 0 Å². The molecule has 0 aliphatic heterocycles. The fraction of sp³-hybridized carbons (Fsp3) is 0.389. The Kier molecular flexibility index (Phi) is 14.4. The van der Waals surface area contributed by atoms with Gasteiger partial charge in [-0.05, 0) is 0 Å². The first-order valence-corrected chi connectivity index (χ1v) is 17.3. The van der Waals surface area contributed by atoms with Crippen LogP contribution in [-0.4, -0.2) is 8.07 Å². The molecule has 0 bridgehead atoms. The second-order valence-electron chi connectivity index (χ2n) is 12.2. The molecule has 0 radical (unpaired) electrons. The molecule has 4 rings (SSSR count). The molecule has 0 N–H and O–H groups in total. The average molecular weight is 660 g/mol. The third-order valence-electron chi connectivity index (χ3n) is 8.77. The SMILES string of the molecule is CCC(C)C1=CC=C[C]1([Ti+3])[Si](c1cccc(C(C)C)c1)(c1cccc(C(C)C)c1)c1cccc(C(C)C)c1.[Cl-].[Cl-].[Cl-]. The maximum atomic E-state index is 2.56. The van der Waals surface area contributed by atoms with Crippen LogP contribution in [0.2, 0.25) is 3.34 Å². The van der Waals surface area contributed by atoms with Crippen LogP contribution in [0.5, 0.6) is 0 Å². The maximum Gasteiger partial charge on any atom is -1.00 e. The van der Waals surface area contributed by atoms with Gasteiger partial charge in [0.1, 0.15) is 0 Å². The third-order valence-corrected chi connectivity index (χ3v) is 16.4. The Morgan fingerprint density at radius 2 is 1.00 bits per heavy atom. The monoisotopic (exact) mass is 658 g/mol. The van der Waals surface area contributed by atoms with Crippen LogP contribution in [0.3, 0.4) is 0 Å². The van der Waals surface area contributed by atoms with Gasteiger partial charge in [-0.25, -0.2) is 0 Å². The van der Waals surface area contributed by atoms with Crippen molar-refractivity contribution in [2.24, 2.45) is 5.92 Å². The molecule has 5 heteroatoms. The normalized spacial score (nSPS) is 17.1. The van der Waals surface area contributed by atoms with Gasteiger partial charge in [0.05, 0.1) is 0 Å². The van der Waals surface area contributed by atoms with Gasteiger partial charge in [0.2, 0.25) is 0 Å². The van der Waals surface area contributed by atoms with E-state index in [0.717, 1.165) is 6.42 Å². The van der Waals surface area contributed by atoms with Gasteiger partial charge in [0.15, 0.2) is 0 Å². The van der Waals surface area contributed by atoms with E-state index in [2.05, 4.69) is 167 Å². The molecule has 3 aromatic rings. The molecular formula is C36H45Cl3SiTi. The van der Waals surface area contributed by atoms with Crippen LogP contribution in [0.25, 0.3) is 0 Å². The van der Waals surface area contributed by atoms with Gasteiger partial charge >= 0.3 is 246 Å². The van der Waals surface area contributed by atoms with E-state index >= 15 is 0 Å². The van der Waals surface area contributed by atoms with Gasteiger partial charge in [-0.15, -0.1) is 0 Å². The molecule has 0 saturated carbocycles. The van der Waals surface area contributed by atoms with Crippen molar-refractivity contribution in [3.8, 4) is 0 Å². The molecule has 0 heterocycles. The van der Waals surface area contributed by atoms with Crippen LogP contribution in [-0.2, 0) is 20.4 Å². The zero-order chi connectivity index (χ0) is 27.7. The standard InChI is InChI=1S/C36H45Si.3ClH.Ti/c1-9-28(8)35-20-13-21-36(35)37(32-17-10-14-29(22-32)25(2)3,33-18-11-15-30(23-33)26(4)5)34-19-12-16-31(24-34)27(6)7;;;;/h10-28H,9H2,1-8H3;3*1H;/q;;;;+3/p-3. The average Bonchev–Trinajstić information content (AvgIpc) is 3.31. The number of rotatable bonds is 9. The zero-order valence-corrected chi connectivity index (χ0v) is 30.6. The molecule has 0 spiro atoms. The summed E-state index contributed by atoms with van der Waals surface area (Å²) in [7, 11) is -2.64. The second-order valence-corrected chi connectivity index (χ2v) is 18.2. The van der Waals surface area contributed by atoms with E-state index in [0.29, 0.717) is 23.7 Å². The van der Waals surface area contributed by atoms with E-state index in [4.69, 9.17) is 0 Å². The van der Waals surface area contributed by atoms with Crippen molar-refractivity contribution in [3.05, 3.63) is 113 Å². The summed E-state index contributed by atoms with van der Waals surface area (Å²) < 4.78 is -0.0801. The zero-order valence-electron chi connectivity index (χ0n) is 25.8. The maximum absolute atomic E-state index is 2.64. The second kappa shape index (κ2) is 15.6. The number of hydrogen-bond donors (Lipinski definition) is 0. The van der Waals surface area contributed by atoms with Gasteiger partial charge in [-0.2, -0.15) is 0 Å². The predicted molar refractivity (Wildman–Crippen MR) is 166 cm³/mol. The third kappa shape index (κ3) is 7.03. The summed E-state index contributed by atoms with van der Waals surface area (Å²) in [4.78, 5) is 0. The molecule has 218 valence electrons. The number of allylic oxidation sites excluding steroid dienone is 4. The van der Waals surface area contributed by atoms with Crippen LogP contribution >= 0.6 is 0 Å². The Morgan fingerprint density at radius 3 is 1.32 bits per heavy atom. The number of hydrogen-bond acceptors (Lipinski definition) is 0. The minimum absolute atomic E-state index is 0. The van der Waals surface area contributed by atoms with Crippen LogP contribution in [0, 0.1) is 5.92 Å². The summed E-state index contributed by atoms with van der Waals surface area (Å²) in [6, 6.07) is 29.0. The van der Waals surface area contributed by atoms with Gasteiger partial charge in [-0.3, -0.25) is 0 Å². The minimum Gasteiger partial charge on any atom is -1.00 e. The van der Waals surface area contributed by atoms with E-state index in [1.54, 1.807) is 5.57 Å². The summed E-state index contributed by atoms with van der Waals surface area (Å²) in [5.41, 5.74) is 5.88. The van der Waals surface area contributed by atoms with Gasteiger partial charge in [0.25, 0.3) is 0 Å². The fourth-order valence-electron chi connectivity index (χ4n) is 6.21. The van der Waals surface area contributed by atoms with Crippen molar-refractivity contribution < 1.29 is 57.7 Å². The molecule has 1 aliphatic rings. The van der Waals surface area contributed by atoms with Crippen LogP contribution in [0.1, 0.15) is 96.3 Å². The van der Waals surface area contributed by atoms with E-state index in [1.165, 1.54) is 32.3 Å². The molecule has 0 amide bonds. The Labute approximate surface area is 281 Å². The number of benzene rings is 3. The van der Waals surface area contributed by atoms with E-state index < -0.39 is 8.07 Å². The molecule has 0 nitrogen and oxygen atoms in total. The summed E-state index contributed by atoms with van der Waals surface area (Å²) in [5, 5.41) is 4.57. The van der Waals surface area contributed by atoms with Crippen molar-refractivity contribution in [1.82, 2.24) is 0 Å². The van der Waals surface area contributed by atoms with Crippen LogP contribution in [0.4, 0.5) is 0 Å². The summed E-state index contributed by atoms with van der Waals surface area (Å²) >= 11 is 2.56. The van der Waals surface area contributed by atoms with Crippen molar-refractivity contribution in [3.63, 3.8) is 0 Å². The first-order valence-electron chi connectivity index (χ1n) is 14.5. The largest absolute Gasteiger partial charge is 1.00 e. The molecule has 1 aliphatic carbocycles. The number of halogens is 3. The topological polar surface area (TPSA) is 0 Å².